The van der Waals surface area contributed by atoms with E-state index in [1.54, 1.807) is 0 Å². The summed E-state index contributed by atoms with van der Waals surface area (Å²) in [7, 11) is 1.31. The second-order valence-electron chi connectivity index (χ2n) is 5.17. The highest BCUT2D eigenvalue weighted by molar-refractivity contribution is 5.90. The Labute approximate surface area is 131 Å². The lowest BCUT2D eigenvalue weighted by Crippen LogP contribution is -2.25. The molecule has 1 aliphatic rings. The molecular formula is C16H14O7. The summed E-state index contributed by atoms with van der Waals surface area (Å²) in [5.41, 5.74) is 0.578. The van der Waals surface area contributed by atoms with E-state index in [4.69, 9.17) is 9.47 Å². The number of hydrogen-bond acceptors (Lipinski definition) is 7. The predicted octanol–water partition coefficient (Wildman–Crippen LogP) is 1.76. The summed E-state index contributed by atoms with van der Waals surface area (Å²) in [6.45, 7) is 0. The van der Waals surface area contributed by atoms with Crippen molar-refractivity contribution in [3.8, 4) is 34.5 Å². The van der Waals surface area contributed by atoms with E-state index in [0.29, 0.717) is 5.56 Å². The van der Waals surface area contributed by atoms with Gasteiger partial charge < -0.3 is 29.9 Å². The number of carbonyl (C=O) groups excluding carboxylic acids is 1. The molecule has 3 rings (SSSR count). The quantitative estimate of drug-likeness (QED) is 0.623. The minimum atomic E-state index is -1.05. The molecule has 1 atom stereocenters. The normalized spacial score (nSPS) is 16.6. The second-order valence-corrected chi connectivity index (χ2v) is 5.17. The summed E-state index contributed by atoms with van der Waals surface area (Å²) in [6, 6.07) is 5.01. The Kier molecular flexibility index (Phi) is 3.40. The first-order valence-corrected chi connectivity index (χ1v) is 6.74. The lowest BCUT2D eigenvalue weighted by molar-refractivity contribution is -0.126. The summed E-state index contributed by atoms with van der Waals surface area (Å²) in [6.07, 6.45) is -1.14. The largest absolute Gasteiger partial charge is 0.508 e. The van der Waals surface area contributed by atoms with Crippen LogP contribution in [0.15, 0.2) is 24.3 Å². The van der Waals surface area contributed by atoms with Gasteiger partial charge in [0.15, 0.2) is 23.4 Å². The summed E-state index contributed by atoms with van der Waals surface area (Å²) in [5, 5.41) is 38.7. The Hall–Kier alpha value is -3.09. The van der Waals surface area contributed by atoms with E-state index in [0.717, 1.165) is 6.07 Å². The van der Waals surface area contributed by atoms with Gasteiger partial charge >= 0.3 is 0 Å². The molecule has 0 aromatic heterocycles. The van der Waals surface area contributed by atoms with E-state index < -0.39 is 17.6 Å². The number of fused-ring (bicyclic) bond motifs is 1. The molecule has 0 radical (unpaired) electrons. The van der Waals surface area contributed by atoms with Crippen LogP contribution >= 0.6 is 0 Å². The fourth-order valence-electron chi connectivity index (χ4n) is 2.53. The van der Waals surface area contributed by atoms with Gasteiger partial charge in [-0.1, -0.05) is 0 Å². The third-order valence-corrected chi connectivity index (χ3v) is 3.66. The van der Waals surface area contributed by atoms with Gasteiger partial charge in [-0.15, -0.1) is 0 Å². The molecule has 120 valence electrons. The van der Waals surface area contributed by atoms with Crippen LogP contribution in [0.4, 0.5) is 0 Å². The Bertz CT molecular complexity index is 798. The number of aromatic hydroxyl groups is 4. The van der Waals surface area contributed by atoms with Crippen LogP contribution in [0, 0.1) is 0 Å². The van der Waals surface area contributed by atoms with Crippen LogP contribution in [0.25, 0.3) is 0 Å². The van der Waals surface area contributed by atoms with Crippen molar-refractivity contribution in [2.75, 3.05) is 7.11 Å². The molecule has 1 unspecified atom stereocenters. The van der Waals surface area contributed by atoms with Crippen molar-refractivity contribution in [1.29, 1.82) is 0 Å². The maximum Gasteiger partial charge on any atom is 0.200 e. The van der Waals surface area contributed by atoms with Gasteiger partial charge in [0.1, 0.15) is 17.2 Å². The molecule has 0 amide bonds. The van der Waals surface area contributed by atoms with Crippen molar-refractivity contribution in [2.45, 2.75) is 12.5 Å². The van der Waals surface area contributed by atoms with E-state index in [-0.39, 0.29) is 40.8 Å². The SMILES string of the molecule is COc1cc(C2Oc3cc(O)cc(O)c3CC2=O)cc(O)c1O. The van der Waals surface area contributed by atoms with E-state index in [2.05, 4.69) is 0 Å². The Balaban J connectivity index is 2.05. The topological polar surface area (TPSA) is 116 Å². The number of phenolic OH excluding ortho intramolecular Hbond substituents is 4. The van der Waals surface area contributed by atoms with E-state index in [9.17, 15) is 25.2 Å². The lowest BCUT2D eigenvalue weighted by atomic mass is 9.95. The van der Waals surface area contributed by atoms with Gasteiger partial charge in [-0.2, -0.15) is 0 Å². The zero-order valence-electron chi connectivity index (χ0n) is 12.1. The number of benzene rings is 2. The molecule has 0 fully saturated rings. The number of ketones is 1. The van der Waals surface area contributed by atoms with Crippen LogP contribution in [0.1, 0.15) is 17.2 Å². The maximum absolute atomic E-state index is 12.3. The zero-order valence-corrected chi connectivity index (χ0v) is 12.1. The number of rotatable bonds is 2. The average Bonchev–Trinajstić information content (AvgIpc) is 2.50. The molecule has 1 heterocycles. The Morgan fingerprint density at radius 3 is 2.52 bits per heavy atom. The van der Waals surface area contributed by atoms with Crippen LogP contribution < -0.4 is 9.47 Å². The number of ether oxygens (including phenoxy) is 2. The monoisotopic (exact) mass is 318 g/mol. The highest BCUT2D eigenvalue weighted by atomic mass is 16.5. The van der Waals surface area contributed by atoms with Crippen LogP contribution in [-0.2, 0) is 11.2 Å². The predicted molar refractivity (Wildman–Crippen MR) is 78.2 cm³/mol. The smallest absolute Gasteiger partial charge is 0.200 e. The summed E-state index contributed by atoms with van der Waals surface area (Å²) < 4.78 is 10.5. The fourth-order valence-corrected chi connectivity index (χ4v) is 2.53. The van der Waals surface area contributed by atoms with Gasteiger partial charge in [-0.25, -0.2) is 0 Å². The Morgan fingerprint density at radius 2 is 1.83 bits per heavy atom. The van der Waals surface area contributed by atoms with Crippen LogP contribution in [0.5, 0.6) is 34.5 Å². The molecule has 23 heavy (non-hydrogen) atoms. The molecule has 7 nitrogen and oxygen atoms in total. The van der Waals surface area contributed by atoms with Crippen molar-refractivity contribution in [2.24, 2.45) is 0 Å². The van der Waals surface area contributed by atoms with E-state index in [1.165, 1.54) is 25.3 Å². The lowest BCUT2D eigenvalue weighted by Gasteiger charge is -2.26. The van der Waals surface area contributed by atoms with Crippen LogP contribution in [0.3, 0.4) is 0 Å². The highest BCUT2D eigenvalue weighted by Gasteiger charge is 2.32. The molecule has 0 bridgehead atoms. The molecule has 7 heteroatoms. The van der Waals surface area contributed by atoms with Crippen molar-refractivity contribution < 1.29 is 34.7 Å². The first-order valence-electron chi connectivity index (χ1n) is 6.74. The fraction of sp³-hybridized carbons (Fsp3) is 0.188. The highest BCUT2D eigenvalue weighted by Crippen LogP contribution is 2.43. The second kappa shape index (κ2) is 5.28. The minimum Gasteiger partial charge on any atom is -0.508 e. The molecule has 1 aliphatic heterocycles. The number of methoxy groups -OCH3 is 1. The molecule has 0 saturated carbocycles. The first-order chi connectivity index (χ1) is 10.9. The number of phenols is 4. The Morgan fingerprint density at radius 1 is 1.09 bits per heavy atom. The van der Waals surface area contributed by atoms with E-state index >= 15 is 0 Å². The minimum absolute atomic E-state index is 0.000882. The van der Waals surface area contributed by atoms with Crippen molar-refractivity contribution in [3.63, 3.8) is 0 Å². The average molecular weight is 318 g/mol. The summed E-state index contributed by atoms with van der Waals surface area (Å²) >= 11 is 0. The van der Waals surface area contributed by atoms with Crippen LogP contribution in [0.2, 0.25) is 0 Å². The van der Waals surface area contributed by atoms with Crippen molar-refractivity contribution >= 4 is 5.78 Å². The number of hydrogen-bond donors (Lipinski definition) is 4. The molecule has 0 spiro atoms. The van der Waals surface area contributed by atoms with Crippen LogP contribution in [-0.4, -0.2) is 33.3 Å². The van der Waals surface area contributed by atoms with Crippen molar-refractivity contribution in [3.05, 3.63) is 35.4 Å². The van der Waals surface area contributed by atoms with Gasteiger partial charge in [0, 0.05) is 29.7 Å². The van der Waals surface area contributed by atoms with Gasteiger partial charge in [0.05, 0.1) is 7.11 Å². The molecular weight excluding hydrogens is 304 g/mol. The van der Waals surface area contributed by atoms with Crippen molar-refractivity contribution in [1.82, 2.24) is 0 Å². The molecule has 4 N–H and O–H groups in total. The van der Waals surface area contributed by atoms with Gasteiger partial charge in [-0.3, -0.25) is 4.79 Å². The van der Waals surface area contributed by atoms with Gasteiger partial charge in [0.25, 0.3) is 0 Å². The summed E-state index contributed by atoms with van der Waals surface area (Å²) in [4.78, 5) is 12.3. The first kappa shape index (κ1) is 14.8. The number of Topliss-reactive ketones (excluding diaryl/α,β-unsaturated/α-hetero) is 1. The number of carbonyl (C=O) groups is 1. The molecule has 0 aliphatic carbocycles. The van der Waals surface area contributed by atoms with Gasteiger partial charge in [-0.05, 0) is 12.1 Å². The zero-order chi connectivity index (χ0) is 16.7. The standard InChI is InChI=1S/C16H14O7/c1-22-14-3-7(2-11(19)15(14)21)16-12(20)6-9-10(18)4-8(17)5-13(9)23-16/h2-5,16-19,21H,6H2,1H3. The third kappa shape index (κ3) is 2.46. The maximum atomic E-state index is 12.3. The molecule has 2 aromatic rings. The van der Waals surface area contributed by atoms with Gasteiger partial charge in [0.2, 0.25) is 5.75 Å². The molecule has 0 saturated heterocycles. The van der Waals surface area contributed by atoms with E-state index in [1.807, 2.05) is 0 Å². The third-order valence-electron chi connectivity index (χ3n) is 3.66. The molecule has 2 aromatic carbocycles. The summed E-state index contributed by atoms with van der Waals surface area (Å²) in [5.74, 6) is -1.46.